The zero-order chi connectivity index (χ0) is 13.5. The van der Waals surface area contributed by atoms with E-state index in [-0.39, 0.29) is 0 Å². The van der Waals surface area contributed by atoms with Crippen LogP contribution < -0.4 is 10.2 Å². The quantitative estimate of drug-likeness (QED) is 0.822. The van der Waals surface area contributed by atoms with Crippen molar-refractivity contribution in [1.82, 2.24) is 9.97 Å². The highest BCUT2D eigenvalue weighted by Gasteiger charge is 2.15. The largest absolute Gasteiger partial charge is 0.356 e. The summed E-state index contributed by atoms with van der Waals surface area (Å²) in [6.07, 6.45) is 4.98. The molecule has 4 nitrogen and oxygen atoms in total. The maximum Gasteiger partial charge on any atom is 0.224 e. The minimum absolute atomic E-state index is 0.418. The molecule has 0 spiro atoms. The second kappa shape index (κ2) is 7.41. The fraction of sp³-hybridized carbons (Fsp3) is 0.692. The van der Waals surface area contributed by atoms with Crippen molar-refractivity contribution in [2.75, 3.05) is 23.8 Å². The van der Waals surface area contributed by atoms with Crippen molar-refractivity contribution in [1.29, 1.82) is 0 Å². The molecule has 1 unspecified atom stereocenters. The summed E-state index contributed by atoms with van der Waals surface area (Å²) in [6.45, 7) is 7.34. The molecule has 0 radical (unpaired) electrons. The Labute approximate surface area is 115 Å². The minimum atomic E-state index is 0.418. The first-order valence-corrected chi connectivity index (χ1v) is 6.97. The molecule has 0 saturated heterocycles. The van der Waals surface area contributed by atoms with Gasteiger partial charge < -0.3 is 10.2 Å². The zero-order valence-corrected chi connectivity index (χ0v) is 12.5. The predicted molar refractivity (Wildman–Crippen MR) is 78.6 cm³/mol. The second-order valence-corrected chi connectivity index (χ2v) is 4.95. The first-order chi connectivity index (χ1) is 8.60. The van der Waals surface area contributed by atoms with E-state index in [4.69, 9.17) is 11.6 Å². The molecule has 0 bridgehead atoms. The Hall–Kier alpha value is -1.03. The lowest BCUT2D eigenvalue weighted by Crippen LogP contribution is -2.30. The number of rotatable bonds is 7. The third kappa shape index (κ3) is 4.02. The average Bonchev–Trinajstić information content (AvgIpc) is 2.37. The molecule has 0 saturated carbocycles. The van der Waals surface area contributed by atoms with Gasteiger partial charge in [-0.05, 0) is 19.8 Å². The first kappa shape index (κ1) is 15.0. The minimum Gasteiger partial charge on any atom is -0.356 e. The summed E-state index contributed by atoms with van der Waals surface area (Å²) in [4.78, 5) is 10.8. The molecular formula is C13H23ClN4. The van der Waals surface area contributed by atoms with Crippen molar-refractivity contribution in [2.45, 2.75) is 46.1 Å². The lowest BCUT2D eigenvalue weighted by Gasteiger charge is -2.26. The van der Waals surface area contributed by atoms with E-state index in [9.17, 15) is 0 Å². The normalized spacial score (nSPS) is 12.3. The number of nitrogens with one attached hydrogen (secondary N) is 1. The maximum absolute atomic E-state index is 6.17. The first-order valence-electron chi connectivity index (χ1n) is 6.59. The number of nitrogens with zero attached hydrogens (tertiary/aromatic N) is 3. The Morgan fingerprint density at radius 3 is 2.72 bits per heavy atom. The number of hydrogen-bond acceptors (Lipinski definition) is 4. The Kier molecular flexibility index (Phi) is 6.19. The van der Waals surface area contributed by atoms with Gasteiger partial charge in [0.25, 0.3) is 0 Å². The van der Waals surface area contributed by atoms with Crippen LogP contribution in [-0.2, 0) is 0 Å². The maximum atomic E-state index is 6.17. The summed E-state index contributed by atoms with van der Waals surface area (Å²) in [7, 11) is 2.03. The Morgan fingerprint density at radius 2 is 2.11 bits per heavy atom. The van der Waals surface area contributed by atoms with E-state index in [0.29, 0.717) is 17.0 Å². The van der Waals surface area contributed by atoms with Gasteiger partial charge in [0.05, 0.1) is 6.20 Å². The van der Waals surface area contributed by atoms with Crippen molar-refractivity contribution in [3.63, 3.8) is 0 Å². The van der Waals surface area contributed by atoms with Gasteiger partial charge in [-0.2, -0.15) is 4.98 Å². The Bertz CT molecular complexity index is 370. The molecule has 0 aliphatic heterocycles. The predicted octanol–water partition coefficient (Wildman–Crippen LogP) is 3.58. The third-order valence-corrected chi connectivity index (χ3v) is 3.23. The van der Waals surface area contributed by atoms with Gasteiger partial charge in [0, 0.05) is 19.6 Å². The molecule has 0 fully saturated rings. The van der Waals surface area contributed by atoms with Crippen LogP contribution in [0.4, 0.5) is 11.8 Å². The van der Waals surface area contributed by atoms with Gasteiger partial charge >= 0.3 is 0 Å². The number of hydrogen-bond donors (Lipinski definition) is 1. The molecule has 0 aliphatic rings. The van der Waals surface area contributed by atoms with Crippen LogP contribution in [0.1, 0.15) is 40.0 Å². The molecular weight excluding hydrogens is 248 g/mol. The summed E-state index contributed by atoms with van der Waals surface area (Å²) in [5.74, 6) is 1.44. The van der Waals surface area contributed by atoms with Crippen molar-refractivity contribution in [3.05, 3.63) is 11.2 Å². The van der Waals surface area contributed by atoms with Gasteiger partial charge in [0.15, 0.2) is 5.82 Å². The third-order valence-electron chi connectivity index (χ3n) is 2.96. The molecule has 0 amide bonds. The van der Waals surface area contributed by atoms with Crippen LogP contribution in [-0.4, -0.2) is 29.6 Å². The average molecular weight is 271 g/mol. The standard InChI is InChI=1S/C13H23ClN4/c1-5-7-10(3)18(4)12-11(14)9-16-13(17-12)15-8-6-2/h9-10H,5-8H2,1-4H3,(H,15,16,17). The number of anilines is 2. The van der Waals surface area contributed by atoms with E-state index in [0.717, 1.165) is 31.6 Å². The summed E-state index contributed by atoms with van der Waals surface area (Å²) >= 11 is 6.17. The molecule has 102 valence electrons. The van der Waals surface area contributed by atoms with Crippen molar-refractivity contribution in [3.8, 4) is 0 Å². The fourth-order valence-corrected chi connectivity index (χ4v) is 1.97. The summed E-state index contributed by atoms with van der Waals surface area (Å²) < 4.78 is 0. The molecule has 1 rings (SSSR count). The topological polar surface area (TPSA) is 41.1 Å². The van der Waals surface area contributed by atoms with Crippen LogP contribution in [0, 0.1) is 0 Å². The fourth-order valence-electron chi connectivity index (χ4n) is 1.75. The van der Waals surface area contributed by atoms with Crippen LogP contribution >= 0.6 is 11.6 Å². The second-order valence-electron chi connectivity index (χ2n) is 4.54. The number of halogens is 1. The Balaban J connectivity index is 2.85. The lowest BCUT2D eigenvalue weighted by atomic mass is 10.2. The Morgan fingerprint density at radius 1 is 1.39 bits per heavy atom. The summed E-state index contributed by atoms with van der Waals surface area (Å²) in [5.41, 5.74) is 0. The van der Waals surface area contributed by atoms with Crippen LogP contribution in [0.15, 0.2) is 6.20 Å². The summed E-state index contributed by atoms with van der Waals surface area (Å²) in [6, 6.07) is 0.418. The van der Waals surface area contributed by atoms with Gasteiger partial charge in [-0.15, -0.1) is 0 Å². The molecule has 1 heterocycles. The highest BCUT2D eigenvalue weighted by Crippen LogP contribution is 2.25. The van der Waals surface area contributed by atoms with E-state index >= 15 is 0 Å². The number of aromatic nitrogens is 2. The molecule has 0 aromatic carbocycles. The van der Waals surface area contributed by atoms with E-state index in [1.54, 1.807) is 6.20 Å². The van der Waals surface area contributed by atoms with E-state index in [1.807, 2.05) is 7.05 Å². The van der Waals surface area contributed by atoms with Crippen LogP contribution in [0.25, 0.3) is 0 Å². The highest BCUT2D eigenvalue weighted by atomic mass is 35.5. The molecule has 1 N–H and O–H groups in total. The monoisotopic (exact) mass is 270 g/mol. The van der Waals surface area contributed by atoms with Crippen LogP contribution in [0.2, 0.25) is 5.02 Å². The molecule has 1 atom stereocenters. The van der Waals surface area contributed by atoms with Crippen LogP contribution in [0.3, 0.4) is 0 Å². The molecule has 1 aromatic heterocycles. The van der Waals surface area contributed by atoms with Gasteiger partial charge in [-0.1, -0.05) is 31.9 Å². The molecule has 5 heteroatoms. The van der Waals surface area contributed by atoms with Gasteiger partial charge in [0.2, 0.25) is 5.95 Å². The van der Waals surface area contributed by atoms with E-state index in [2.05, 4.69) is 41.0 Å². The lowest BCUT2D eigenvalue weighted by molar-refractivity contribution is 0.611. The molecule has 18 heavy (non-hydrogen) atoms. The van der Waals surface area contributed by atoms with Crippen LogP contribution in [0.5, 0.6) is 0 Å². The van der Waals surface area contributed by atoms with Gasteiger partial charge in [-0.25, -0.2) is 4.98 Å². The van der Waals surface area contributed by atoms with Crippen molar-refractivity contribution in [2.24, 2.45) is 0 Å². The summed E-state index contributed by atoms with van der Waals surface area (Å²) in [5, 5.41) is 3.78. The van der Waals surface area contributed by atoms with E-state index < -0.39 is 0 Å². The van der Waals surface area contributed by atoms with E-state index in [1.165, 1.54) is 0 Å². The molecule has 1 aromatic rings. The van der Waals surface area contributed by atoms with Gasteiger partial charge in [0.1, 0.15) is 5.02 Å². The molecule has 0 aliphatic carbocycles. The van der Waals surface area contributed by atoms with Crippen molar-refractivity contribution < 1.29 is 0 Å². The smallest absolute Gasteiger partial charge is 0.224 e. The van der Waals surface area contributed by atoms with Crippen molar-refractivity contribution >= 4 is 23.4 Å². The zero-order valence-electron chi connectivity index (χ0n) is 11.7. The van der Waals surface area contributed by atoms with Gasteiger partial charge in [-0.3, -0.25) is 0 Å². The SMILES string of the molecule is CCCNc1ncc(Cl)c(N(C)C(C)CCC)n1. The highest BCUT2D eigenvalue weighted by molar-refractivity contribution is 6.32.